The van der Waals surface area contributed by atoms with Gasteiger partial charge in [0.25, 0.3) is 5.91 Å². The largest absolute Gasteiger partial charge is 0.478 e. The number of carbonyl (C=O) groups excluding carboxylic acids is 2. The smallest absolute Gasteiger partial charge is 0.410 e. The van der Waals surface area contributed by atoms with E-state index < -0.39 is 36.0 Å². The number of carboxylic acid groups (broad SMARTS) is 1. The van der Waals surface area contributed by atoms with Gasteiger partial charge in [-0.1, -0.05) is 0 Å². The van der Waals surface area contributed by atoms with Crippen LogP contribution >= 0.6 is 0 Å². The van der Waals surface area contributed by atoms with E-state index in [-0.39, 0.29) is 30.5 Å². The molecule has 2 atom stereocenters. The average Bonchev–Trinajstić information content (AvgIpc) is 2.83. The van der Waals surface area contributed by atoms with Gasteiger partial charge >= 0.3 is 12.1 Å². The fourth-order valence-corrected chi connectivity index (χ4v) is 3.17. The summed E-state index contributed by atoms with van der Waals surface area (Å²) in [6.45, 7) is -0.109. The third-order valence-corrected chi connectivity index (χ3v) is 4.31. The maximum Gasteiger partial charge on any atom is 0.410 e. The van der Waals surface area contributed by atoms with Gasteiger partial charge < -0.3 is 15.3 Å². The summed E-state index contributed by atoms with van der Waals surface area (Å²) in [6, 6.07) is 0.503. The van der Waals surface area contributed by atoms with Crippen LogP contribution in [0.4, 0.5) is 13.2 Å². The van der Waals surface area contributed by atoms with Gasteiger partial charge in [-0.3, -0.25) is 9.59 Å². The van der Waals surface area contributed by atoms with E-state index >= 15 is 0 Å². The molecule has 1 fully saturated rings. The second-order valence-corrected chi connectivity index (χ2v) is 5.80. The molecule has 0 saturated carbocycles. The Morgan fingerprint density at radius 3 is 2.62 bits per heavy atom. The summed E-state index contributed by atoms with van der Waals surface area (Å²) < 4.78 is 39.6. The van der Waals surface area contributed by atoms with E-state index in [9.17, 15) is 27.6 Å². The minimum atomic E-state index is -4.68. The van der Waals surface area contributed by atoms with Crippen LogP contribution in [0.5, 0.6) is 0 Å². The van der Waals surface area contributed by atoms with Crippen molar-refractivity contribution in [3.63, 3.8) is 0 Å². The van der Waals surface area contributed by atoms with Crippen LogP contribution in [0.3, 0.4) is 0 Å². The Morgan fingerprint density at radius 2 is 2.00 bits per heavy atom. The number of fused-ring (bicyclic) bond motifs is 1. The van der Waals surface area contributed by atoms with Gasteiger partial charge in [0.05, 0.1) is 11.6 Å². The Bertz CT molecular complexity index is 732. The first-order chi connectivity index (χ1) is 11.2. The summed E-state index contributed by atoms with van der Waals surface area (Å²) in [5, 5.41) is 10.9. The Labute approximate surface area is 134 Å². The molecule has 24 heavy (non-hydrogen) atoms. The lowest BCUT2D eigenvalue weighted by molar-refractivity contribution is -0.178. The Hall–Kier alpha value is -2.58. The normalized spacial score (nSPS) is 23.9. The van der Waals surface area contributed by atoms with Gasteiger partial charge in [-0.25, -0.2) is 4.79 Å². The molecule has 0 radical (unpaired) electrons. The van der Waals surface area contributed by atoms with Crippen molar-refractivity contribution in [1.29, 1.82) is 0 Å². The van der Waals surface area contributed by atoms with E-state index in [2.05, 4.69) is 0 Å². The molecule has 1 aromatic rings. The molecule has 2 aliphatic heterocycles. The van der Waals surface area contributed by atoms with Crippen LogP contribution in [0.2, 0.25) is 0 Å². The van der Waals surface area contributed by atoms with Crippen molar-refractivity contribution in [1.82, 2.24) is 10.2 Å². The number of nitrogens with zero attached hydrogens (tertiary/aromatic N) is 1. The Kier molecular flexibility index (Phi) is 3.73. The minimum Gasteiger partial charge on any atom is -0.478 e. The van der Waals surface area contributed by atoms with Crippen LogP contribution < -0.4 is 5.32 Å². The molecule has 128 valence electrons. The molecular formula is C15H13F3N2O4. The summed E-state index contributed by atoms with van der Waals surface area (Å²) in [5.41, 5.74) is 0.531. The number of benzene rings is 1. The van der Waals surface area contributed by atoms with Crippen molar-refractivity contribution >= 4 is 17.8 Å². The molecule has 6 nitrogen and oxygen atoms in total. The average molecular weight is 342 g/mol. The highest BCUT2D eigenvalue weighted by Crippen LogP contribution is 2.34. The molecule has 0 aromatic heterocycles. The molecule has 3 rings (SSSR count). The van der Waals surface area contributed by atoms with Gasteiger partial charge in [-0.2, -0.15) is 13.2 Å². The Morgan fingerprint density at radius 1 is 1.29 bits per heavy atom. The number of amides is 2. The number of halogens is 3. The highest BCUT2D eigenvalue weighted by molar-refractivity contribution is 6.00. The third kappa shape index (κ3) is 2.70. The highest BCUT2D eigenvalue weighted by Gasteiger charge is 2.51. The van der Waals surface area contributed by atoms with Gasteiger partial charge in [-0.05, 0) is 30.2 Å². The predicted octanol–water partition coefficient (Wildman–Crippen LogP) is 1.55. The van der Waals surface area contributed by atoms with Crippen LogP contribution in [0.15, 0.2) is 18.2 Å². The zero-order valence-corrected chi connectivity index (χ0v) is 12.3. The first-order valence-electron chi connectivity index (χ1n) is 7.22. The van der Waals surface area contributed by atoms with Crippen molar-refractivity contribution in [2.24, 2.45) is 0 Å². The number of aromatic carboxylic acids is 1. The number of carbonyl (C=O) groups is 3. The van der Waals surface area contributed by atoms with Crippen molar-refractivity contribution in [3.05, 3.63) is 34.9 Å². The molecule has 2 heterocycles. The topological polar surface area (TPSA) is 86.7 Å². The summed E-state index contributed by atoms with van der Waals surface area (Å²) in [5.74, 6) is -2.47. The fraction of sp³-hybridized carbons (Fsp3) is 0.400. The molecular weight excluding hydrogens is 329 g/mol. The van der Waals surface area contributed by atoms with Gasteiger partial charge in [0, 0.05) is 18.5 Å². The van der Waals surface area contributed by atoms with Crippen LogP contribution in [-0.4, -0.2) is 46.1 Å². The number of alkyl halides is 3. The van der Waals surface area contributed by atoms with Gasteiger partial charge in [0.1, 0.15) is 6.04 Å². The van der Waals surface area contributed by atoms with E-state index in [0.717, 1.165) is 4.90 Å². The highest BCUT2D eigenvalue weighted by atomic mass is 19.4. The summed E-state index contributed by atoms with van der Waals surface area (Å²) >= 11 is 0. The van der Waals surface area contributed by atoms with E-state index in [1.165, 1.54) is 18.2 Å². The summed E-state index contributed by atoms with van der Waals surface area (Å²) in [4.78, 5) is 35.8. The molecule has 2 aliphatic rings. The lowest BCUT2D eigenvalue weighted by Gasteiger charge is -2.38. The predicted molar refractivity (Wildman–Crippen MR) is 74.3 cm³/mol. The number of rotatable bonds is 2. The van der Waals surface area contributed by atoms with E-state index in [0.29, 0.717) is 5.56 Å². The maximum atomic E-state index is 13.2. The van der Waals surface area contributed by atoms with Crippen molar-refractivity contribution in [2.75, 3.05) is 0 Å². The SMILES string of the molecule is O=C1CCC(N2Cc3cc(C(=O)O)ccc3C2=O)C(C(F)(F)F)N1. The maximum absolute atomic E-state index is 13.2. The number of nitrogens with one attached hydrogen (secondary N) is 1. The molecule has 2 amide bonds. The third-order valence-electron chi connectivity index (χ3n) is 4.31. The number of piperidine rings is 1. The molecule has 2 unspecified atom stereocenters. The molecule has 0 aliphatic carbocycles. The van der Waals surface area contributed by atoms with Crippen molar-refractivity contribution in [2.45, 2.75) is 37.6 Å². The monoisotopic (exact) mass is 342 g/mol. The molecule has 0 bridgehead atoms. The van der Waals surface area contributed by atoms with Gasteiger partial charge in [-0.15, -0.1) is 0 Å². The second kappa shape index (κ2) is 5.50. The van der Waals surface area contributed by atoms with Gasteiger partial charge in [0.15, 0.2) is 0 Å². The van der Waals surface area contributed by atoms with Crippen LogP contribution in [-0.2, 0) is 11.3 Å². The zero-order chi connectivity index (χ0) is 17.6. The lowest BCUT2D eigenvalue weighted by atomic mass is 9.96. The van der Waals surface area contributed by atoms with E-state index in [1.54, 1.807) is 0 Å². The van der Waals surface area contributed by atoms with Crippen molar-refractivity contribution in [3.8, 4) is 0 Å². The number of hydrogen-bond acceptors (Lipinski definition) is 3. The second-order valence-electron chi connectivity index (χ2n) is 5.80. The van der Waals surface area contributed by atoms with Crippen LogP contribution in [0, 0.1) is 0 Å². The first kappa shape index (κ1) is 16.3. The summed E-state index contributed by atoms with van der Waals surface area (Å²) in [7, 11) is 0. The molecule has 9 heteroatoms. The molecule has 2 N–H and O–H groups in total. The number of carboxylic acids is 1. The summed E-state index contributed by atoms with van der Waals surface area (Å²) in [6.07, 6.45) is -4.87. The quantitative estimate of drug-likeness (QED) is 0.854. The van der Waals surface area contributed by atoms with Crippen LogP contribution in [0.25, 0.3) is 0 Å². The van der Waals surface area contributed by atoms with Crippen molar-refractivity contribution < 1.29 is 32.7 Å². The molecule has 0 spiro atoms. The standard InChI is InChI=1S/C15H13F3N2O4/c16-15(17,18)12-10(3-4-11(21)19-12)20-6-8-5-7(14(23)24)1-2-9(8)13(20)22/h1-2,5,10,12H,3-4,6H2,(H,19,21)(H,23,24). The van der Waals surface area contributed by atoms with Gasteiger partial charge in [0.2, 0.25) is 5.91 Å². The zero-order valence-electron chi connectivity index (χ0n) is 12.3. The fourth-order valence-electron chi connectivity index (χ4n) is 3.17. The van der Waals surface area contributed by atoms with E-state index in [4.69, 9.17) is 5.11 Å². The lowest BCUT2D eigenvalue weighted by Crippen LogP contribution is -2.61. The van der Waals surface area contributed by atoms with Crippen LogP contribution in [0.1, 0.15) is 39.1 Å². The first-order valence-corrected chi connectivity index (χ1v) is 7.22. The number of hydrogen-bond donors (Lipinski definition) is 2. The van der Waals surface area contributed by atoms with E-state index in [1.807, 2.05) is 5.32 Å². The Balaban J connectivity index is 1.91. The minimum absolute atomic E-state index is 0.0345. The molecule has 1 saturated heterocycles. The molecule has 1 aromatic carbocycles.